The maximum atomic E-state index is 12.5. The van der Waals surface area contributed by atoms with Crippen molar-refractivity contribution < 1.29 is 19.5 Å². The predicted octanol–water partition coefficient (Wildman–Crippen LogP) is 3.29. The van der Waals surface area contributed by atoms with Gasteiger partial charge >= 0.3 is 6.09 Å². The number of aromatic amines is 1. The zero-order valence-corrected chi connectivity index (χ0v) is 18.8. The summed E-state index contributed by atoms with van der Waals surface area (Å²) >= 11 is 5.30. The second-order valence-electron chi connectivity index (χ2n) is 8.01. The summed E-state index contributed by atoms with van der Waals surface area (Å²) in [5.41, 5.74) is 0.644. The van der Waals surface area contributed by atoms with Crippen LogP contribution >= 0.6 is 12.2 Å². The molecule has 10 nitrogen and oxygen atoms in total. The maximum Gasteiger partial charge on any atom is 0.415 e. The molecule has 0 radical (unpaired) electrons. The monoisotopic (exact) mass is 458 g/mol. The van der Waals surface area contributed by atoms with Gasteiger partial charge in [0, 0.05) is 13.1 Å². The van der Waals surface area contributed by atoms with Crippen LogP contribution in [0, 0.1) is 10.7 Å². The van der Waals surface area contributed by atoms with Crippen LogP contribution < -0.4 is 9.57 Å². The highest BCUT2D eigenvalue weighted by molar-refractivity contribution is 7.71. The van der Waals surface area contributed by atoms with Gasteiger partial charge in [0.05, 0.1) is 24.3 Å². The molecule has 32 heavy (non-hydrogen) atoms. The molecule has 1 saturated heterocycles. The number of carbonyl (C=O) groups excluding carboxylic acids is 1. The van der Waals surface area contributed by atoms with Gasteiger partial charge in [0.2, 0.25) is 5.88 Å². The molecule has 0 aromatic carbocycles. The fraction of sp³-hybridized carbons (Fsp3) is 0.429. The van der Waals surface area contributed by atoms with Gasteiger partial charge in [0.25, 0.3) is 0 Å². The van der Waals surface area contributed by atoms with Crippen LogP contribution in [0.25, 0.3) is 5.82 Å². The summed E-state index contributed by atoms with van der Waals surface area (Å²) in [6.45, 7) is 5.67. The average molecular weight is 459 g/mol. The van der Waals surface area contributed by atoms with Gasteiger partial charge in [-0.15, -0.1) is 9.94 Å². The Kier molecular flexibility index (Phi) is 6.45. The first kappa shape index (κ1) is 21.9. The lowest BCUT2D eigenvalue weighted by molar-refractivity contribution is 0.0366. The minimum absolute atomic E-state index is 0.0293. The molecule has 4 heterocycles. The summed E-state index contributed by atoms with van der Waals surface area (Å²) in [6.07, 6.45) is 6.11. The lowest BCUT2D eigenvalue weighted by atomic mass is 9.98. The first-order chi connectivity index (χ1) is 15.4. The number of likely N-dealkylation sites (tertiary alicyclic amines) is 1. The maximum absolute atomic E-state index is 12.5. The van der Waals surface area contributed by atoms with E-state index in [1.54, 1.807) is 35.5 Å². The summed E-state index contributed by atoms with van der Waals surface area (Å²) < 4.78 is 7.28. The number of pyridine rings is 1. The predicted molar refractivity (Wildman–Crippen MR) is 118 cm³/mol. The second-order valence-corrected chi connectivity index (χ2v) is 8.40. The molecule has 4 rings (SSSR count). The lowest BCUT2D eigenvalue weighted by Crippen LogP contribution is -2.41. The van der Waals surface area contributed by atoms with Crippen LogP contribution in [-0.4, -0.2) is 60.3 Å². The number of nitrogens with one attached hydrogen (secondary N) is 1. The molecule has 0 aliphatic carbocycles. The minimum Gasteiger partial charge on any atom is -0.493 e. The molecule has 0 atom stereocenters. The van der Waals surface area contributed by atoms with Gasteiger partial charge in [0.15, 0.2) is 10.5 Å². The fourth-order valence-electron chi connectivity index (χ4n) is 3.58. The molecule has 0 saturated carbocycles. The lowest BCUT2D eigenvalue weighted by Gasteiger charge is -2.30. The largest absolute Gasteiger partial charge is 0.493 e. The number of imidazole rings is 1. The number of hydrogen-bond acceptors (Lipinski definition) is 7. The van der Waals surface area contributed by atoms with Gasteiger partial charge in [-0.1, -0.05) is 13.8 Å². The molecule has 3 aromatic rings. The van der Waals surface area contributed by atoms with Crippen molar-refractivity contribution in [3.63, 3.8) is 0 Å². The van der Waals surface area contributed by atoms with Gasteiger partial charge in [-0.25, -0.2) is 14.3 Å². The number of nitrogens with zero attached hydrogens (tertiary/aromatic N) is 5. The first-order valence-electron chi connectivity index (χ1n) is 10.5. The Morgan fingerprint density at radius 1 is 1.34 bits per heavy atom. The smallest absolute Gasteiger partial charge is 0.415 e. The second kappa shape index (κ2) is 9.43. The summed E-state index contributed by atoms with van der Waals surface area (Å²) in [7, 11) is 0. The topological polar surface area (TPSA) is 110 Å². The number of piperidine rings is 1. The van der Waals surface area contributed by atoms with Crippen molar-refractivity contribution in [3.8, 4) is 17.4 Å². The van der Waals surface area contributed by atoms with Crippen LogP contribution in [0.5, 0.6) is 11.6 Å². The standard InChI is InChI=1S/C21H26N6O4S/c1-14(2)18-19(28)27(20(32)24-18)17-5-4-16(12-22-17)31-21(29)25-10-6-15(7-11-25)13-30-26-9-3-8-23-26/h3-5,8-9,12,14-15,28H,6-7,10-11,13H2,1-2H3,(H,24,32). The highest BCUT2D eigenvalue weighted by Crippen LogP contribution is 2.27. The van der Waals surface area contributed by atoms with Gasteiger partial charge in [0.1, 0.15) is 12.4 Å². The Balaban J connectivity index is 1.31. The Morgan fingerprint density at radius 3 is 2.72 bits per heavy atom. The van der Waals surface area contributed by atoms with Crippen molar-refractivity contribution in [3.05, 3.63) is 47.3 Å². The number of carbonyl (C=O) groups is 1. The van der Waals surface area contributed by atoms with Gasteiger partial charge in [-0.2, -0.15) is 0 Å². The average Bonchev–Trinajstić information content (AvgIpc) is 3.41. The number of aromatic hydroxyl groups is 1. The number of aromatic nitrogens is 5. The van der Waals surface area contributed by atoms with Crippen molar-refractivity contribution in [2.45, 2.75) is 32.6 Å². The highest BCUT2D eigenvalue weighted by atomic mass is 32.1. The van der Waals surface area contributed by atoms with Crippen molar-refractivity contribution in [1.82, 2.24) is 29.4 Å². The van der Waals surface area contributed by atoms with Crippen LogP contribution in [-0.2, 0) is 0 Å². The summed E-state index contributed by atoms with van der Waals surface area (Å²) in [6, 6.07) is 5.09. The van der Waals surface area contributed by atoms with Gasteiger partial charge < -0.3 is 24.6 Å². The summed E-state index contributed by atoms with van der Waals surface area (Å²) in [4.78, 5) is 28.5. The van der Waals surface area contributed by atoms with E-state index < -0.39 is 6.09 Å². The van der Waals surface area contributed by atoms with E-state index in [0.717, 1.165) is 12.8 Å². The molecule has 3 aromatic heterocycles. The van der Waals surface area contributed by atoms with E-state index in [1.807, 2.05) is 13.8 Å². The van der Waals surface area contributed by atoms with E-state index >= 15 is 0 Å². The Labute approximate surface area is 190 Å². The normalized spacial score (nSPS) is 14.7. The molecule has 0 spiro atoms. The van der Waals surface area contributed by atoms with Crippen molar-refractivity contribution in [2.75, 3.05) is 19.7 Å². The number of hydrogen-bond donors (Lipinski definition) is 2. The third-order valence-electron chi connectivity index (χ3n) is 5.43. The van der Waals surface area contributed by atoms with E-state index in [-0.39, 0.29) is 11.8 Å². The number of rotatable bonds is 6. The molecule has 1 aliphatic rings. The quantitative estimate of drug-likeness (QED) is 0.545. The number of H-pyrrole nitrogens is 1. The summed E-state index contributed by atoms with van der Waals surface area (Å²) in [5.74, 6) is 1.24. The Morgan fingerprint density at radius 2 is 2.12 bits per heavy atom. The van der Waals surface area contributed by atoms with Crippen LogP contribution in [0.15, 0.2) is 36.8 Å². The van der Waals surface area contributed by atoms with E-state index in [9.17, 15) is 9.90 Å². The molecule has 1 aliphatic heterocycles. The van der Waals surface area contributed by atoms with Gasteiger partial charge in [-0.3, -0.25) is 0 Å². The molecule has 170 valence electrons. The van der Waals surface area contributed by atoms with E-state index in [4.69, 9.17) is 21.8 Å². The highest BCUT2D eigenvalue weighted by Gasteiger charge is 2.25. The SMILES string of the molecule is CC(C)c1[nH]c(=S)n(-c2ccc(OC(=O)N3CCC(COn4cccn4)CC3)cn2)c1O. The van der Waals surface area contributed by atoms with Crippen LogP contribution in [0.2, 0.25) is 0 Å². The fourth-order valence-corrected chi connectivity index (χ4v) is 3.87. The third kappa shape index (κ3) is 4.77. The van der Waals surface area contributed by atoms with Crippen molar-refractivity contribution >= 4 is 18.3 Å². The van der Waals surface area contributed by atoms with Crippen LogP contribution in [0.3, 0.4) is 0 Å². The molecule has 2 N–H and O–H groups in total. The van der Waals surface area contributed by atoms with E-state index in [2.05, 4.69) is 15.1 Å². The van der Waals surface area contributed by atoms with E-state index in [1.165, 1.54) is 15.6 Å². The van der Waals surface area contributed by atoms with E-state index in [0.29, 0.717) is 47.6 Å². The molecule has 0 unspecified atom stereocenters. The minimum atomic E-state index is -0.408. The van der Waals surface area contributed by atoms with Crippen molar-refractivity contribution in [2.24, 2.45) is 5.92 Å². The zero-order valence-electron chi connectivity index (χ0n) is 18.0. The van der Waals surface area contributed by atoms with Crippen molar-refractivity contribution in [1.29, 1.82) is 0 Å². The zero-order chi connectivity index (χ0) is 22.7. The first-order valence-corrected chi connectivity index (χ1v) is 10.9. The third-order valence-corrected chi connectivity index (χ3v) is 5.71. The number of ether oxygens (including phenoxy) is 1. The van der Waals surface area contributed by atoms with Crippen LogP contribution in [0.1, 0.15) is 38.3 Å². The molecular formula is C21H26N6O4S. The van der Waals surface area contributed by atoms with Crippen LogP contribution in [0.4, 0.5) is 4.79 Å². The Hall–Kier alpha value is -3.34. The van der Waals surface area contributed by atoms with Gasteiger partial charge in [-0.05, 0) is 55.1 Å². The molecule has 1 fully saturated rings. The Bertz CT molecular complexity index is 1100. The molecule has 0 bridgehead atoms. The number of amides is 1. The molecule has 11 heteroatoms. The molecule has 1 amide bonds. The summed E-state index contributed by atoms with van der Waals surface area (Å²) in [5, 5.41) is 14.5. The molecular weight excluding hydrogens is 432 g/mol.